The second kappa shape index (κ2) is 14.5. The van der Waals surface area contributed by atoms with Crippen molar-refractivity contribution < 1.29 is 47.7 Å². The Balaban J connectivity index is 3.16. The Morgan fingerprint density at radius 1 is 0.765 bits per heavy atom. The van der Waals surface area contributed by atoms with E-state index in [1.807, 2.05) is 6.07 Å². The van der Waals surface area contributed by atoms with Crippen LogP contribution in [0.15, 0.2) is 30.3 Å². The molecular formula is C23H31NO10. The zero-order valence-electron chi connectivity index (χ0n) is 19.9. The van der Waals surface area contributed by atoms with Crippen LogP contribution in [-0.4, -0.2) is 60.9 Å². The van der Waals surface area contributed by atoms with Crippen LogP contribution < -0.4 is 5.32 Å². The predicted octanol–water partition coefficient (Wildman–Crippen LogP) is 2.05. The van der Waals surface area contributed by atoms with Crippen LogP contribution in [0.4, 0.5) is 4.79 Å². The van der Waals surface area contributed by atoms with Crippen LogP contribution in [-0.2, 0) is 49.5 Å². The van der Waals surface area contributed by atoms with E-state index in [1.54, 1.807) is 31.2 Å². The molecule has 188 valence electrons. The van der Waals surface area contributed by atoms with Gasteiger partial charge in [-0.15, -0.1) is 0 Å². The topological polar surface area (TPSA) is 144 Å². The molecule has 0 aliphatic rings. The molecule has 0 saturated carbocycles. The van der Waals surface area contributed by atoms with Gasteiger partial charge in [-0.3, -0.25) is 19.2 Å². The number of rotatable bonds is 12. The molecule has 0 aliphatic carbocycles. The lowest BCUT2D eigenvalue weighted by Crippen LogP contribution is -2.56. The molecule has 11 heteroatoms. The molecule has 1 aromatic rings. The number of amides is 1. The van der Waals surface area contributed by atoms with Crippen LogP contribution in [0, 0.1) is 0 Å². The van der Waals surface area contributed by atoms with E-state index in [2.05, 4.69) is 5.32 Å². The van der Waals surface area contributed by atoms with E-state index in [-0.39, 0.29) is 13.0 Å². The Kier molecular flexibility index (Phi) is 12.1. The minimum absolute atomic E-state index is 0.00274. The van der Waals surface area contributed by atoms with E-state index in [0.29, 0.717) is 0 Å². The van der Waals surface area contributed by atoms with Crippen molar-refractivity contribution in [3.05, 3.63) is 35.9 Å². The number of ether oxygens (including phenoxy) is 5. The number of carbonyl (C=O) groups excluding carboxylic acids is 5. The summed E-state index contributed by atoms with van der Waals surface area (Å²) in [5, 5.41) is 2.59. The number of hydrogen-bond acceptors (Lipinski definition) is 10. The van der Waals surface area contributed by atoms with E-state index in [0.717, 1.165) is 33.3 Å². The maximum absolute atomic E-state index is 12.4. The van der Waals surface area contributed by atoms with Gasteiger partial charge in [0.1, 0.15) is 13.2 Å². The third-order valence-electron chi connectivity index (χ3n) is 4.41. The number of hydrogen-bond donors (Lipinski definition) is 1. The van der Waals surface area contributed by atoms with Crippen molar-refractivity contribution in [1.82, 2.24) is 5.32 Å². The average Bonchev–Trinajstić information content (AvgIpc) is 2.76. The standard InChI is InChI=1S/C23H31NO10/c1-6-19(24-23(29)31-12-18-10-8-7-9-11-18)21(33-16(4)27)22(34-17(5)28)20(32-15(3)26)13-30-14(2)25/h7-11,19-22H,6,12-13H2,1-5H3,(H,24,29)/t19-,20+,21+,22+/m0/s1. The molecule has 1 N–H and O–H groups in total. The second-order valence-electron chi connectivity index (χ2n) is 7.32. The fourth-order valence-corrected chi connectivity index (χ4v) is 3.06. The first-order chi connectivity index (χ1) is 16.0. The molecule has 11 nitrogen and oxygen atoms in total. The smallest absolute Gasteiger partial charge is 0.407 e. The van der Waals surface area contributed by atoms with Crippen LogP contribution in [0.3, 0.4) is 0 Å². The van der Waals surface area contributed by atoms with Crippen molar-refractivity contribution in [2.45, 2.75) is 72.0 Å². The van der Waals surface area contributed by atoms with Crippen molar-refractivity contribution in [1.29, 1.82) is 0 Å². The molecule has 0 unspecified atom stereocenters. The SMILES string of the molecule is CC[C@H](NC(=O)OCc1ccccc1)[C@@H](OC(C)=O)[C@H](OC(C)=O)[C@@H](COC(C)=O)OC(C)=O. The summed E-state index contributed by atoms with van der Waals surface area (Å²) in [6.07, 6.45) is -4.60. The van der Waals surface area contributed by atoms with Gasteiger partial charge in [-0.25, -0.2) is 4.79 Å². The minimum atomic E-state index is -1.40. The highest BCUT2D eigenvalue weighted by atomic mass is 16.6. The average molecular weight is 481 g/mol. The number of esters is 4. The maximum atomic E-state index is 12.4. The second-order valence-corrected chi connectivity index (χ2v) is 7.32. The highest BCUT2D eigenvalue weighted by molar-refractivity contribution is 5.70. The van der Waals surface area contributed by atoms with Gasteiger partial charge in [0, 0.05) is 27.7 Å². The first-order valence-electron chi connectivity index (χ1n) is 10.7. The van der Waals surface area contributed by atoms with Crippen LogP contribution in [0.1, 0.15) is 46.6 Å². The van der Waals surface area contributed by atoms with Gasteiger partial charge >= 0.3 is 30.0 Å². The molecule has 1 aromatic carbocycles. The molecular weight excluding hydrogens is 450 g/mol. The zero-order chi connectivity index (χ0) is 25.7. The normalized spacial score (nSPS) is 13.9. The predicted molar refractivity (Wildman–Crippen MR) is 117 cm³/mol. The van der Waals surface area contributed by atoms with E-state index in [9.17, 15) is 24.0 Å². The third-order valence-corrected chi connectivity index (χ3v) is 4.41. The zero-order valence-corrected chi connectivity index (χ0v) is 19.9. The first kappa shape index (κ1) is 28.4. The summed E-state index contributed by atoms with van der Waals surface area (Å²) in [5.41, 5.74) is 0.760. The summed E-state index contributed by atoms with van der Waals surface area (Å²) in [4.78, 5) is 59.2. The Bertz CT molecular complexity index is 841. The maximum Gasteiger partial charge on any atom is 0.407 e. The monoisotopic (exact) mass is 481 g/mol. The molecule has 0 saturated heterocycles. The molecule has 1 amide bonds. The Hall–Kier alpha value is -3.63. The van der Waals surface area contributed by atoms with Crippen LogP contribution in [0.5, 0.6) is 0 Å². The lowest BCUT2D eigenvalue weighted by Gasteiger charge is -2.35. The van der Waals surface area contributed by atoms with Crippen LogP contribution in [0.25, 0.3) is 0 Å². The van der Waals surface area contributed by atoms with Crippen molar-refractivity contribution in [2.24, 2.45) is 0 Å². The van der Waals surface area contributed by atoms with Crippen LogP contribution >= 0.6 is 0 Å². The number of carbonyl (C=O) groups is 5. The molecule has 0 aromatic heterocycles. The van der Waals surface area contributed by atoms with Crippen molar-refractivity contribution in [3.8, 4) is 0 Å². The highest BCUT2D eigenvalue weighted by Crippen LogP contribution is 2.20. The quantitative estimate of drug-likeness (QED) is 0.348. The van der Waals surface area contributed by atoms with Gasteiger partial charge in [0.25, 0.3) is 0 Å². The minimum Gasteiger partial charge on any atom is -0.462 e. The number of nitrogens with one attached hydrogen (secondary N) is 1. The summed E-state index contributed by atoms with van der Waals surface area (Å²) in [7, 11) is 0. The van der Waals surface area contributed by atoms with E-state index < -0.39 is 60.9 Å². The van der Waals surface area contributed by atoms with Gasteiger partial charge in [-0.1, -0.05) is 37.3 Å². The summed E-state index contributed by atoms with van der Waals surface area (Å²) in [5.74, 6) is -2.94. The van der Waals surface area contributed by atoms with Gasteiger partial charge < -0.3 is 29.0 Å². The van der Waals surface area contributed by atoms with Crippen molar-refractivity contribution in [3.63, 3.8) is 0 Å². The lowest BCUT2D eigenvalue weighted by atomic mass is 9.98. The van der Waals surface area contributed by atoms with Gasteiger partial charge in [0.15, 0.2) is 18.3 Å². The molecule has 0 bridgehead atoms. The van der Waals surface area contributed by atoms with E-state index in [4.69, 9.17) is 23.7 Å². The van der Waals surface area contributed by atoms with Crippen LogP contribution in [0.2, 0.25) is 0 Å². The molecule has 1 rings (SSSR count). The Morgan fingerprint density at radius 3 is 1.82 bits per heavy atom. The highest BCUT2D eigenvalue weighted by Gasteiger charge is 2.42. The molecule has 0 fully saturated rings. The molecule has 0 spiro atoms. The van der Waals surface area contributed by atoms with E-state index >= 15 is 0 Å². The Morgan fingerprint density at radius 2 is 1.32 bits per heavy atom. The summed E-state index contributed by atoms with van der Waals surface area (Å²) < 4.78 is 26.1. The van der Waals surface area contributed by atoms with E-state index in [1.165, 1.54) is 0 Å². The first-order valence-corrected chi connectivity index (χ1v) is 10.7. The Labute approximate surface area is 198 Å². The molecule has 0 radical (unpaired) electrons. The summed E-state index contributed by atoms with van der Waals surface area (Å²) in [6.45, 7) is 5.71. The summed E-state index contributed by atoms with van der Waals surface area (Å²) in [6, 6.07) is 8.06. The lowest BCUT2D eigenvalue weighted by molar-refractivity contribution is -0.191. The fourth-order valence-electron chi connectivity index (χ4n) is 3.06. The van der Waals surface area contributed by atoms with Gasteiger partial charge in [0.2, 0.25) is 0 Å². The molecule has 0 heterocycles. The third kappa shape index (κ3) is 10.8. The van der Waals surface area contributed by atoms with Gasteiger partial charge in [-0.05, 0) is 12.0 Å². The molecule has 0 aliphatic heterocycles. The molecule has 4 atom stereocenters. The number of alkyl carbamates (subject to hydrolysis) is 1. The van der Waals surface area contributed by atoms with Crippen molar-refractivity contribution >= 4 is 30.0 Å². The largest absolute Gasteiger partial charge is 0.462 e. The van der Waals surface area contributed by atoms with Gasteiger partial charge in [0.05, 0.1) is 6.04 Å². The molecule has 34 heavy (non-hydrogen) atoms. The van der Waals surface area contributed by atoms with Crippen molar-refractivity contribution in [2.75, 3.05) is 6.61 Å². The summed E-state index contributed by atoms with van der Waals surface area (Å²) >= 11 is 0. The number of benzene rings is 1. The fraction of sp³-hybridized carbons (Fsp3) is 0.522. The van der Waals surface area contributed by atoms with Gasteiger partial charge in [-0.2, -0.15) is 0 Å².